The van der Waals surface area contributed by atoms with Crippen LogP contribution in [0, 0.1) is 0 Å². The zero-order valence-electron chi connectivity index (χ0n) is 18.3. The predicted molar refractivity (Wildman–Crippen MR) is 129 cm³/mol. The number of nitrogens with zero attached hydrogens (tertiary/aromatic N) is 2. The van der Waals surface area contributed by atoms with Gasteiger partial charge in [-0.25, -0.2) is 4.68 Å². The number of aromatic nitrogens is 2. The number of nitrogens with one attached hydrogen (secondary N) is 1. The van der Waals surface area contributed by atoms with Crippen LogP contribution in [0.4, 0.5) is 0 Å². The third-order valence-electron chi connectivity index (χ3n) is 6.16. The minimum Gasteiger partial charge on any atom is -0.454 e. The molecule has 3 N–H and O–H groups in total. The Hall–Kier alpha value is -4.14. The van der Waals surface area contributed by atoms with Gasteiger partial charge in [-0.05, 0) is 29.8 Å². The molecule has 2 aliphatic rings. The molecule has 1 aliphatic heterocycles. The maximum Gasteiger partial charge on any atom is 0.278 e. The molecule has 0 radical (unpaired) electrons. The first kappa shape index (κ1) is 21.4. The van der Waals surface area contributed by atoms with Crippen molar-refractivity contribution in [3.63, 3.8) is 0 Å². The van der Waals surface area contributed by atoms with E-state index in [1.165, 1.54) is 0 Å². The van der Waals surface area contributed by atoms with Gasteiger partial charge in [-0.2, -0.15) is 5.10 Å². The number of amides is 2. The average Bonchev–Trinajstić information content (AvgIpc) is 3.52. The van der Waals surface area contributed by atoms with Gasteiger partial charge in [-0.3, -0.25) is 14.9 Å². The molecule has 4 aromatic rings. The Morgan fingerprint density at radius 2 is 1.71 bits per heavy atom. The van der Waals surface area contributed by atoms with Crippen LogP contribution in [0.5, 0.6) is 11.5 Å². The first-order valence-corrected chi connectivity index (χ1v) is 11.4. The van der Waals surface area contributed by atoms with Crippen LogP contribution in [0.15, 0.2) is 72.8 Å². The van der Waals surface area contributed by atoms with E-state index < -0.39 is 23.2 Å². The van der Waals surface area contributed by atoms with Gasteiger partial charge in [0.1, 0.15) is 0 Å². The van der Waals surface area contributed by atoms with Gasteiger partial charge in [0.05, 0.1) is 22.8 Å². The number of carbonyl (C=O) groups excluding carboxylic acids is 2. The van der Waals surface area contributed by atoms with Gasteiger partial charge in [0, 0.05) is 22.8 Å². The van der Waals surface area contributed by atoms with Crippen LogP contribution in [0.25, 0.3) is 16.9 Å². The highest BCUT2D eigenvalue weighted by atomic mass is 35.5. The largest absolute Gasteiger partial charge is 0.454 e. The SMILES string of the molecule is NC1c2c(C(=O)NC(=O)c3ccccc3)nn(-c3ccc4c(c3)OCO4)c2-c2ccccc2C1Cl. The third-order valence-corrected chi connectivity index (χ3v) is 6.67. The van der Waals surface area contributed by atoms with Crippen molar-refractivity contribution in [2.75, 3.05) is 6.79 Å². The molecule has 6 rings (SSSR count). The molecule has 3 aromatic carbocycles. The number of imide groups is 1. The summed E-state index contributed by atoms with van der Waals surface area (Å²) < 4.78 is 12.6. The van der Waals surface area contributed by atoms with E-state index in [2.05, 4.69) is 10.4 Å². The summed E-state index contributed by atoms with van der Waals surface area (Å²) in [4.78, 5) is 26.0. The normalized spacial score (nSPS) is 17.4. The van der Waals surface area contributed by atoms with Crippen molar-refractivity contribution in [2.24, 2.45) is 5.73 Å². The van der Waals surface area contributed by atoms with E-state index in [0.29, 0.717) is 34.0 Å². The minimum atomic E-state index is -0.725. The number of hydrogen-bond acceptors (Lipinski definition) is 6. The van der Waals surface area contributed by atoms with Crippen molar-refractivity contribution in [1.29, 1.82) is 0 Å². The molecular formula is C26H19ClN4O4. The Morgan fingerprint density at radius 3 is 2.54 bits per heavy atom. The molecule has 2 heterocycles. The number of carbonyl (C=O) groups is 2. The Bertz CT molecular complexity index is 1480. The molecule has 0 saturated heterocycles. The zero-order valence-corrected chi connectivity index (χ0v) is 19.0. The molecule has 1 aliphatic carbocycles. The summed E-state index contributed by atoms with van der Waals surface area (Å²) in [6, 6.07) is 20.7. The number of hydrogen-bond donors (Lipinski definition) is 2. The highest BCUT2D eigenvalue weighted by molar-refractivity contribution is 6.22. The molecule has 0 spiro atoms. The lowest BCUT2D eigenvalue weighted by Gasteiger charge is -2.28. The summed E-state index contributed by atoms with van der Waals surface area (Å²) in [5.74, 6) is 0.00206. The number of ether oxygens (including phenoxy) is 2. The molecular weight excluding hydrogens is 468 g/mol. The van der Waals surface area contributed by atoms with Crippen molar-refractivity contribution >= 4 is 23.4 Å². The van der Waals surface area contributed by atoms with Crippen LogP contribution in [-0.4, -0.2) is 28.4 Å². The fourth-order valence-corrected chi connectivity index (χ4v) is 4.81. The molecule has 2 amide bonds. The second kappa shape index (κ2) is 8.26. The fraction of sp³-hybridized carbons (Fsp3) is 0.115. The summed E-state index contributed by atoms with van der Waals surface area (Å²) >= 11 is 6.74. The smallest absolute Gasteiger partial charge is 0.278 e. The van der Waals surface area contributed by atoms with Gasteiger partial charge in [-0.1, -0.05) is 42.5 Å². The van der Waals surface area contributed by atoms with Crippen LogP contribution >= 0.6 is 11.6 Å². The lowest BCUT2D eigenvalue weighted by atomic mass is 9.85. The van der Waals surface area contributed by atoms with Crippen LogP contribution in [0.2, 0.25) is 0 Å². The minimum absolute atomic E-state index is 0.0367. The van der Waals surface area contributed by atoms with Crippen molar-refractivity contribution in [1.82, 2.24) is 15.1 Å². The number of rotatable bonds is 3. The molecule has 0 bridgehead atoms. The number of alkyl halides is 1. The molecule has 2 unspecified atom stereocenters. The Labute approximate surface area is 205 Å². The van der Waals surface area contributed by atoms with Gasteiger partial charge < -0.3 is 15.2 Å². The first-order valence-electron chi connectivity index (χ1n) is 11.0. The molecule has 0 fully saturated rings. The van der Waals surface area contributed by atoms with Crippen LogP contribution in [0.3, 0.4) is 0 Å². The lowest BCUT2D eigenvalue weighted by Crippen LogP contribution is -2.33. The van der Waals surface area contributed by atoms with Gasteiger partial charge in [0.25, 0.3) is 11.8 Å². The van der Waals surface area contributed by atoms with E-state index in [1.54, 1.807) is 47.1 Å². The fourth-order valence-electron chi connectivity index (χ4n) is 4.49. The summed E-state index contributed by atoms with van der Waals surface area (Å²) in [6.45, 7) is 0.132. The van der Waals surface area contributed by atoms with Crippen LogP contribution in [-0.2, 0) is 0 Å². The number of fused-ring (bicyclic) bond motifs is 4. The quantitative estimate of drug-likeness (QED) is 0.333. The van der Waals surface area contributed by atoms with E-state index in [0.717, 1.165) is 11.1 Å². The topological polar surface area (TPSA) is 108 Å². The summed E-state index contributed by atoms with van der Waals surface area (Å²) in [6.07, 6.45) is 0. The van der Waals surface area contributed by atoms with E-state index >= 15 is 0 Å². The van der Waals surface area contributed by atoms with E-state index in [-0.39, 0.29) is 12.5 Å². The maximum atomic E-state index is 13.3. The monoisotopic (exact) mass is 486 g/mol. The van der Waals surface area contributed by atoms with Crippen molar-refractivity contribution in [3.05, 3.63) is 95.2 Å². The highest BCUT2D eigenvalue weighted by Crippen LogP contribution is 2.48. The van der Waals surface area contributed by atoms with Gasteiger partial charge in [-0.15, -0.1) is 11.6 Å². The van der Waals surface area contributed by atoms with Crippen LogP contribution in [0.1, 0.15) is 43.4 Å². The molecule has 8 nitrogen and oxygen atoms in total. The van der Waals surface area contributed by atoms with Gasteiger partial charge in [0.2, 0.25) is 6.79 Å². The van der Waals surface area contributed by atoms with E-state index in [1.807, 2.05) is 30.3 Å². The van der Waals surface area contributed by atoms with Crippen molar-refractivity contribution in [3.8, 4) is 28.4 Å². The van der Waals surface area contributed by atoms with Gasteiger partial charge >= 0.3 is 0 Å². The van der Waals surface area contributed by atoms with E-state index in [4.69, 9.17) is 26.8 Å². The second-order valence-electron chi connectivity index (χ2n) is 8.22. The average molecular weight is 487 g/mol. The number of nitrogens with two attached hydrogens (primary N) is 1. The number of benzene rings is 3. The molecule has 9 heteroatoms. The molecule has 1 aromatic heterocycles. The third kappa shape index (κ3) is 3.46. The van der Waals surface area contributed by atoms with E-state index in [9.17, 15) is 9.59 Å². The van der Waals surface area contributed by atoms with Crippen molar-refractivity contribution in [2.45, 2.75) is 11.4 Å². The summed E-state index contributed by atoms with van der Waals surface area (Å²) in [5, 5.41) is 6.49. The second-order valence-corrected chi connectivity index (χ2v) is 8.69. The molecule has 35 heavy (non-hydrogen) atoms. The zero-order chi connectivity index (χ0) is 24.1. The first-order chi connectivity index (χ1) is 17.0. The molecule has 0 saturated carbocycles. The number of halogens is 1. The highest BCUT2D eigenvalue weighted by Gasteiger charge is 2.38. The Morgan fingerprint density at radius 1 is 0.971 bits per heavy atom. The Kier molecular flexibility index (Phi) is 5.05. The summed E-state index contributed by atoms with van der Waals surface area (Å²) in [7, 11) is 0. The standard InChI is InChI=1S/C26H19ClN4O4/c27-21-16-8-4-5-9-17(16)24-20(22(21)28)23(26(33)29-25(32)14-6-2-1-3-7-14)30-31(24)15-10-11-18-19(12-15)35-13-34-18/h1-12,21-22H,13,28H2,(H,29,32,33). The van der Waals surface area contributed by atoms with Crippen molar-refractivity contribution < 1.29 is 19.1 Å². The maximum absolute atomic E-state index is 13.3. The van der Waals surface area contributed by atoms with Crippen LogP contribution < -0.4 is 20.5 Å². The molecule has 2 atom stereocenters. The lowest BCUT2D eigenvalue weighted by molar-refractivity contribution is 0.0845. The molecule has 174 valence electrons. The Balaban J connectivity index is 1.51. The summed E-state index contributed by atoms with van der Waals surface area (Å²) in [5.41, 5.74) is 10.4. The predicted octanol–water partition coefficient (Wildman–Crippen LogP) is 4.13. The van der Waals surface area contributed by atoms with Gasteiger partial charge in [0.15, 0.2) is 17.2 Å².